The van der Waals surface area contributed by atoms with Crippen molar-refractivity contribution in [1.29, 1.82) is 0 Å². The van der Waals surface area contributed by atoms with Crippen LogP contribution >= 0.6 is 11.6 Å². The maximum Gasteiger partial charge on any atom is 0.337 e. The van der Waals surface area contributed by atoms with Crippen LogP contribution < -0.4 is 4.74 Å². The lowest BCUT2D eigenvalue weighted by molar-refractivity contribution is 0.0696. The number of benzene rings is 1. The van der Waals surface area contributed by atoms with Crippen LogP contribution in [-0.2, 0) is 0 Å². The van der Waals surface area contributed by atoms with Gasteiger partial charge in [-0.3, -0.25) is 0 Å². The van der Waals surface area contributed by atoms with E-state index in [-0.39, 0.29) is 16.5 Å². The molecule has 0 fully saturated rings. The van der Waals surface area contributed by atoms with Gasteiger partial charge in [-0.05, 0) is 36.1 Å². The number of carboxylic acid groups (broad SMARTS) is 1. The number of aryl methyl sites for hydroxylation is 1. The van der Waals surface area contributed by atoms with Crippen molar-refractivity contribution in [2.75, 3.05) is 0 Å². The molecule has 2 rings (SSSR count). The van der Waals surface area contributed by atoms with Gasteiger partial charge in [0.1, 0.15) is 10.8 Å². The highest BCUT2D eigenvalue weighted by Gasteiger charge is 2.16. The van der Waals surface area contributed by atoms with Crippen LogP contribution in [0.2, 0.25) is 5.02 Å². The first-order valence-corrected chi connectivity index (χ1v) is 6.94. The molecule has 1 aromatic carbocycles. The molecule has 0 spiro atoms. The van der Waals surface area contributed by atoms with Gasteiger partial charge in [0.25, 0.3) is 0 Å². The zero-order chi connectivity index (χ0) is 15.6. The molecule has 1 aromatic heterocycles. The molecule has 0 amide bonds. The first-order valence-electron chi connectivity index (χ1n) is 6.56. The SMILES string of the molecule is Cc1ccc(C(C)C)cc1Oc1nccc(C(=O)O)c1Cl. The van der Waals surface area contributed by atoms with Gasteiger partial charge in [0.15, 0.2) is 0 Å². The molecule has 0 saturated carbocycles. The molecule has 0 aliphatic carbocycles. The van der Waals surface area contributed by atoms with Crippen molar-refractivity contribution in [2.45, 2.75) is 26.7 Å². The summed E-state index contributed by atoms with van der Waals surface area (Å²) in [5.41, 5.74) is 2.03. The summed E-state index contributed by atoms with van der Waals surface area (Å²) >= 11 is 6.04. The van der Waals surface area contributed by atoms with E-state index in [4.69, 9.17) is 21.4 Å². The Kier molecular flexibility index (Phi) is 4.48. The van der Waals surface area contributed by atoms with Crippen molar-refractivity contribution in [3.63, 3.8) is 0 Å². The van der Waals surface area contributed by atoms with Gasteiger partial charge in [0, 0.05) is 6.20 Å². The summed E-state index contributed by atoms with van der Waals surface area (Å²) in [6, 6.07) is 7.26. The molecule has 0 aliphatic heterocycles. The lowest BCUT2D eigenvalue weighted by atomic mass is 10.0. The zero-order valence-electron chi connectivity index (χ0n) is 12.1. The van der Waals surface area contributed by atoms with E-state index in [9.17, 15) is 4.79 Å². The number of aromatic carboxylic acids is 1. The number of carboxylic acids is 1. The van der Waals surface area contributed by atoms with E-state index < -0.39 is 5.97 Å². The van der Waals surface area contributed by atoms with E-state index in [1.165, 1.54) is 12.3 Å². The maximum absolute atomic E-state index is 11.1. The van der Waals surface area contributed by atoms with Gasteiger partial charge >= 0.3 is 5.97 Å². The van der Waals surface area contributed by atoms with Crippen LogP contribution in [0.1, 0.15) is 41.3 Å². The Bertz CT molecular complexity index is 683. The second-order valence-corrected chi connectivity index (χ2v) is 5.44. The molecule has 0 aliphatic rings. The summed E-state index contributed by atoms with van der Waals surface area (Å²) in [5.74, 6) is -0.0275. The maximum atomic E-state index is 11.1. The van der Waals surface area contributed by atoms with Gasteiger partial charge in [0.2, 0.25) is 5.88 Å². The first kappa shape index (κ1) is 15.3. The van der Waals surface area contributed by atoms with Crippen LogP contribution in [0, 0.1) is 6.92 Å². The second kappa shape index (κ2) is 6.14. The summed E-state index contributed by atoms with van der Waals surface area (Å²) in [4.78, 5) is 15.1. The van der Waals surface area contributed by atoms with Gasteiger partial charge < -0.3 is 9.84 Å². The number of ether oxygens (including phenoxy) is 1. The molecule has 1 N–H and O–H groups in total. The normalized spacial score (nSPS) is 10.7. The van der Waals surface area contributed by atoms with Crippen LogP contribution in [0.15, 0.2) is 30.5 Å². The minimum Gasteiger partial charge on any atom is -0.478 e. The predicted octanol–water partition coefficient (Wildman–Crippen LogP) is 4.66. The van der Waals surface area contributed by atoms with Gasteiger partial charge in [-0.15, -0.1) is 0 Å². The van der Waals surface area contributed by atoms with Gasteiger partial charge in [-0.25, -0.2) is 9.78 Å². The number of halogens is 1. The summed E-state index contributed by atoms with van der Waals surface area (Å²) in [6.07, 6.45) is 1.37. The van der Waals surface area contributed by atoms with Gasteiger partial charge in [-0.2, -0.15) is 0 Å². The molecule has 5 heteroatoms. The summed E-state index contributed by atoms with van der Waals surface area (Å²) in [6.45, 7) is 6.09. The summed E-state index contributed by atoms with van der Waals surface area (Å²) in [7, 11) is 0. The highest BCUT2D eigenvalue weighted by atomic mass is 35.5. The van der Waals surface area contributed by atoms with E-state index in [0.29, 0.717) is 11.7 Å². The Balaban J connectivity index is 2.41. The number of rotatable bonds is 4. The minimum atomic E-state index is -1.11. The zero-order valence-corrected chi connectivity index (χ0v) is 12.8. The number of hydrogen-bond donors (Lipinski definition) is 1. The Morgan fingerprint density at radius 2 is 2.05 bits per heavy atom. The fourth-order valence-electron chi connectivity index (χ4n) is 1.85. The van der Waals surface area contributed by atoms with Gasteiger partial charge in [0.05, 0.1) is 5.56 Å². The number of carbonyl (C=O) groups is 1. The fourth-order valence-corrected chi connectivity index (χ4v) is 2.08. The minimum absolute atomic E-state index is 0.000602. The molecule has 110 valence electrons. The standard InChI is InChI=1S/C16H16ClNO3/c1-9(2)11-5-4-10(3)13(8-11)21-15-14(17)12(16(19)20)6-7-18-15/h4-9H,1-3H3,(H,19,20). The van der Waals surface area contributed by atoms with Crippen molar-refractivity contribution >= 4 is 17.6 Å². The third-order valence-electron chi connectivity index (χ3n) is 3.17. The van der Waals surface area contributed by atoms with Crippen molar-refractivity contribution in [1.82, 2.24) is 4.98 Å². The van der Waals surface area contributed by atoms with E-state index in [1.54, 1.807) is 0 Å². The van der Waals surface area contributed by atoms with Crippen molar-refractivity contribution in [3.05, 3.63) is 52.2 Å². The summed E-state index contributed by atoms with van der Waals surface area (Å²) < 4.78 is 5.72. The number of hydrogen-bond acceptors (Lipinski definition) is 3. The van der Waals surface area contributed by atoms with E-state index in [1.807, 2.05) is 25.1 Å². The predicted molar refractivity (Wildman–Crippen MR) is 81.5 cm³/mol. The van der Waals surface area contributed by atoms with Crippen LogP contribution in [-0.4, -0.2) is 16.1 Å². The first-order chi connectivity index (χ1) is 9.90. The average molecular weight is 306 g/mol. The van der Waals surface area contributed by atoms with Crippen LogP contribution in [0.25, 0.3) is 0 Å². The van der Waals surface area contributed by atoms with E-state index in [2.05, 4.69) is 18.8 Å². The quantitative estimate of drug-likeness (QED) is 0.892. The third-order valence-corrected chi connectivity index (χ3v) is 3.54. The Hall–Kier alpha value is -2.07. The molecule has 0 bridgehead atoms. The lowest BCUT2D eigenvalue weighted by Gasteiger charge is -2.13. The van der Waals surface area contributed by atoms with Crippen LogP contribution in [0.4, 0.5) is 0 Å². The molecule has 4 nitrogen and oxygen atoms in total. The van der Waals surface area contributed by atoms with Crippen molar-refractivity contribution in [3.8, 4) is 11.6 Å². The molecule has 0 atom stereocenters. The number of nitrogens with zero attached hydrogens (tertiary/aromatic N) is 1. The monoisotopic (exact) mass is 305 g/mol. The molecule has 2 aromatic rings. The molecule has 0 radical (unpaired) electrons. The molecule has 0 unspecified atom stereocenters. The van der Waals surface area contributed by atoms with Gasteiger partial charge in [-0.1, -0.05) is 37.6 Å². The third kappa shape index (κ3) is 3.34. The fraction of sp³-hybridized carbons (Fsp3) is 0.250. The molecular weight excluding hydrogens is 290 g/mol. The largest absolute Gasteiger partial charge is 0.478 e. The molecule has 0 saturated heterocycles. The number of aromatic nitrogens is 1. The highest BCUT2D eigenvalue weighted by molar-refractivity contribution is 6.34. The van der Waals surface area contributed by atoms with Crippen LogP contribution in [0.5, 0.6) is 11.6 Å². The molecule has 1 heterocycles. The highest BCUT2D eigenvalue weighted by Crippen LogP contribution is 2.33. The topological polar surface area (TPSA) is 59.4 Å². The lowest BCUT2D eigenvalue weighted by Crippen LogP contribution is -2.01. The van der Waals surface area contributed by atoms with E-state index >= 15 is 0 Å². The summed E-state index contributed by atoms with van der Waals surface area (Å²) in [5, 5.41) is 9.06. The van der Waals surface area contributed by atoms with Crippen molar-refractivity contribution < 1.29 is 14.6 Å². The molecule has 21 heavy (non-hydrogen) atoms. The Morgan fingerprint density at radius 3 is 2.67 bits per heavy atom. The second-order valence-electron chi connectivity index (χ2n) is 5.06. The average Bonchev–Trinajstić information content (AvgIpc) is 2.42. The van der Waals surface area contributed by atoms with Crippen LogP contribution in [0.3, 0.4) is 0 Å². The van der Waals surface area contributed by atoms with E-state index in [0.717, 1.165) is 11.1 Å². The Morgan fingerprint density at radius 1 is 1.33 bits per heavy atom. The van der Waals surface area contributed by atoms with Crippen molar-refractivity contribution in [2.24, 2.45) is 0 Å². The Labute approximate surface area is 128 Å². The molecular formula is C16H16ClNO3. The number of pyridine rings is 1. The smallest absolute Gasteiger partial charge is 0.337 e.